The first-order chi connectivity index (χ1) is 8.79. The molecule has 100 valence electrons. The maximum atomic E-state index is 11.8. The fraction of sp³-hybridized carbons (Fsp3) is 0.692. The lowest BCUT2D eigenvalue weighted by Gasteiger charge is -2.08. The van der Waals surface area contributed by atoms with Crippen molar-refractivity contribution in [3.8, 4) is 0 Å². The molecule has 18 heavy (non-hydrogen) atoms. The first kappa shape index (κ1) is 13.1. The van der Waals surface area contributed by atoms with Crippen molar-refractivity contribution in [3.05, 3.63) is 18.0 Å². The van der Waals surface area contributed by atoms with Crippen LogP contribution in [0.1, 0.15) is 42.5 Å². The topological polar surface area (TPSA) is 72.9 Å². The van der Waals surface area contributed by atoms with E-state index in [2.05, 4.69) is 10.4 Å². The number of aromatic nitrogens is 2. The van der Waals surface area contributed by atoms with Crippen molar-refractivity contribution in [2.75, 3.05) is 13.1 Å². The van der Waals surface area contributed by atoms with Crippen LogP contribution in [0.15, 0.2) is 12.4 Å². The maximum absolute atomic E-state index is 11.8. The summed E-state index contributed by atoms with van der Waals surface area (Å²) in [4.78, 5) is 11.8. The van der Waals surface area contributed by atoms with Gasteiger partial charge in [-0.2, -0.15) is 5.10 Å². The monoisotopic (exact) mass is 250 g/mol. The van der Waals surface area contributed by atoms with Crippen molar-refractivity contribution in [2.45, 2.75) is 38.6 Å². The summed E-state index contributed by atoms with van der Waals surface area (Å²) >= 11 is 0. The Morgan fingerprint density at radius 2 is 2.28 bits per heavy atom. The van der Waals surface area contributed by atoms with Gasteiger partial charge < -0.3 is 11.1 Å². The molecule has 0 aromatic carbocycles. The molecule has 1 aromatic rings. The Bertz CT molecular complexity index is 382. The summed E-state index contributed by atoms with van der Waals surface area (Å²) in [5, 5.41) is 7.05. The SMILES string of the molecule is NCCn1cc(C(=O)NCCC2CCCC2)cn1. The van der Waals surface area contributed by atoms with Crippen molar-refractivity contribution >= 4 is 5.91 Å². The number of hydrogen-bond donors (Lipinski definition) is 2. The van der Waals surface area contributed by atoms with Gasteiger partial charge in [0.15, 0.2) is 0 Å². The van der Waals surface area contributed by atoms with E-state index in [0.29, 0.717) is 18.7 Å². The van der Waals surface area contributed by atoms with Crippen LogP contribution in [0.2, 0.25) is 0 Å². The van der Waals surface area contributed by atoms with Crippen molar-refractivity contribution < 1.29 is 4.79 Å². The molecule has 3 N–H and O–H groups in total. The summed E-state index contributed by atoms with van der Waals surface area (Å²) in [5.41, 5.74) is 6.05. The third kappa shape index (κ3) is 3.57. The zero-order valence-electron chi connectivity index (χ0n) is 10.8. The molecule has 0 radical (unpaired) electrons. The van der Waals surface area contributed by atoms with E-state index in [1.807, 2.05) is 0 Å². The van der Waals surface area contributed by atoms with Gasteiger partial charge in [-0.25, -0.2) is 0 Å². The molecule has 2 rings (SSSR count). The molecular formula is C13H22N4O. The molecule has 0 atom stereocenters. The van der Waals surface area contributed by atoms with Gasteiger partial charge in [0, 0.05) is 19.3 Å². The first-order valence-corrected chi connectivity index (χ1v) is 6.80. The molecule has 1 amide bonds. The van der Waals surface area contributed by atoms with E-state index in [4.69, 9.17) is 5.73 Å². The van der Waals surface area contributed by atoms with E-state index in [-0.39, 0.29) is 5.91 Å². The number of nitrogens with two attached hydrogens (primary N) is 1. The van der Waals surface area contributed by atoms with Gasteiger partial charge in [0.1, 0.15) is 0 Å². The Morgan fingerprint density at radius 1 is 1.50 bits per heavy atom. The minimum atomic E-state index is -0.0312. The molecule has 1 heterocycles. The normalized spacial score (nSPS) is 16.1. The van der Waals surface area contributed by atoms with Gasteiger partial charge in [-0.15, -0.1) is 0 Å². The molecular weight excluding hydrogens is 228 g/mol. The molecule has 1 fully saturated rings. The number of amides is 1. The summed E-state index contributed by atoms with van der Waals surface area (Å²) in [7, 11) is 0. The first-order valence-electron chi connectivity index (χ1n) is 6.80. The van der Waals surface area contributed by atoms with Gasteiger partial charge in [-0.05, 0) is 12.3 Å². The van der Waals surface area contributed by atoms with Gasteiger partial charge in [-0.3, -0.25) is 9.48 Å². The zero-order valence-corrected chi connectivity index (χ0v) is 10.8. The fourth-order valence-corrected chi connectivity index (χ4v) is 2.53. The van der Waals surface area contributed by atoms with Crippen LogP contribution >= 0.6 is 0 Å². The molecule has 5 heteroatoms. The minimum Gasteiger partial charge on any atom is -0.352 e. The Kier molecular flexibility index (Phi) is 4.75. The molecule has 0 aliphatic heterocycles. The van der Waals surface area contributed by atoms with Crippen molar-refractivity contribution in [2.24, 2.45) is 11.7 Å². The minimum absolute atomic E-state index is 0.0312. The van der Waals surface area contributed by atoms with Gasteiger partial charge >= 0.3 is 0 Å². The van der Waals surface area contributed by atoms with E-state index < -0.39 is 0 Å². The van der Waals surface area contributed by atoms with Crippen LogP contribution in [0.3, 0.4) is 0 Å². The summed E-state index contributed by atoms with van der Waals surface area (Å²) in [5.74, 6) is 0.779. The molecule has 0 spiro atoms. The number of rotatable bonds is 6. The molecule has 5 nitrogen and oxygen atoms in total. The van der Waals surface area contributed by atoms with E-state index in [0.717, 1.165) is 18.9 Å². The Labute approximate surface area is 108 Å². The second-order valence-electron chi connectivity index (χ2n) is 4.98. The summed E-state index contributed by atoms with van der Waals surface area (Å²) < 4.78 is 1.70. The lowest BCUT2D eigenvalue weighted by Crippen LogP contribution is -2.25. The van der Waals surface area contributed by atoms with Crippen molar-refractivity contribution in [1.29, 1.82) is 0 Å². The number of nitrogens with zero attached hydrogens (tertiary/aromatic N) is 2. The molecule has 0 saturated heterocycles. The highest BCUT2D eigenvalue weighted by Gasteiger charge is 2.15. The average molecular weight is 250 g/mol. The average Bonchev–Trinajstić information content (AvgIpc) is 3.00. The molecule has 1 saturated carbocycles. The number of carbonyl (C=O) groups is 1. The van der Waals surface area contributed by atoms with Gasteiger partial charge in [0.05, 0.1) is 18.3 Å². The van der Waals surface area contributed by atoms with Crippen LogP contribution in [0.5, 0.6) is 0 Å². The molecule has 1 aliphatic rings. The second kappa shape index (κ2) is 6.54. The fourth-order valence-electron chi connectivity index (χ4n) is 2.53. The molecule has 0 bridgehead atoms. The quantitative estimate of drug-likeness (QED) is 0.795. The van der Waals surface area contributed by atoms with Gasteiger partial charge in [-0.1, -0.05) is 25.7 Å². The van der Waals surface area contributed by atoms with Crippen molar-refractivity contribution in [3.63, 3.8) is 0 Å². The Balaban J connectivity index is 1.72. The Morgan fingerprint density at radius 3 is 3.00 bits per heavy atom. The summed E-state index contributed by atoms with van der Waals surface area (Å²) in [6.07, 6.45) is 9.80. The zero-order chi connectivity index (χ0) is 12.8. The highest BCUT2D eigenvalue weighted by atomic mass is 16.1. The lowest BCUT2D eigenvalue weighted by atomic mass is 10.0. The molecule has 1 aromatic heterocycles. The second-order valence-corrected chi connectivity index (χ2v) is 4.98. The van der Waals surface area contributed by atoms with Gasteiger partial charge in [0.2, 0.25) is 0 Å². The van der Waals surface area contributed by atoms with E-state index in [9.17, 15) is 4.79 Å². The Hall–Kier alpha value is -1.36. The lowest BCUT2D eigenvalue weighted by molar-refractivity contribution is 0.0951. The van der Waals surface area contributed by atoms with Crippen LogP contribution in [-0.2, 0) is 6.54 Å². The highest BCUT2D eigenvalue weighted by molar-refractivity contribution is 5.93. The van der Waals surface area contributed by atoms with E-state index in [1.54, 1.807) is 17.1 Å². The van der Waals surface area contributed by atoms with Crippen LogP contribution in [0.25, 0.3) is 0 Å². The predicted molar refractivity (Wildman–Crippen MR) is 70.2 cm³/mol. The largest absolute Gasteiger partial charge is 0.352 e. The molecule has 1 aliphatic carbocycles. The number of hydrogen-bond acceptors (Lipinski definition) is 3. The molecule has 0 unspecified atom stereocenters. The van der Waals surface area contributed by atoms with Crippen molar-refractivity contribution in [1.82, 2.24) is 15.1 Å². The third-order valence-electron chi connectivity index (χ3n) is 3.57. The maximum Gasteiger partial charge on any atom is 0.254 e. The van der Waals surface area contributed by atoms with E-state index >= 15 is 0 Å². The van der Waals surface area contributed by atoms with Crippen LogP contribution in [0, 0.1) is 5.92 Å². The summed E-state index contributed by atoms with van der Waals surface area (Å²) in [6.45, 7) is 1.95. The smallest absolute Gasteiger partial charge is 0.254 e. The number of nitrogens with one attached hydrogen (secondary N) is 1. The third-order valence-corrected chi connectivity index (χ3v) is 3.57. The van der Waals surface area contributed by atoms with E-state index in [1.165, 1.54) is 25.7 Å². The highest BCUT2D eigenvalue weighted by Crippen LogP contribution is 2.26. The van der Waals surface area contributed by atoms with Crippen LogP contribution in [0.4, 0.5) is 0 Å². The number of carbonyl (C=O) groups excluding carboxylic acids is 1. The van der Waals surface area contributed by atoms with Crippen LogP contribution in [-0.4, -0.2) is 28.8 Å². The van der Waals surface area contributed by atoms with Crippen LogP contribution < -0.4 is 11.1 Å². The standard InChI is InChI=1S/C13H22N4O/c14-6-8-17-10-12(9-16-17)13(18)15-7-5-11-3-1-2-4-11/h9-11H,1-8,14H2,(H,15,18). The summed E-state index contributed by atoms with van der Waals surface area (Å²) in [6, 6.07) is 0. The van der Waals surface area contributed by atoms with Gasteiger partial charge in [0.25, 0.3) is 5.91 Å². The predicted octanol–water partition coefficient (Wildman–Crippen LogP) is 1.15.